The van der Waals surface area contributed by atoms with Gasteiger partial charge < -0.3 is 10.2 Å². The molecule has 0 unspecified atom stereocenters. The van der Waals surface area contributed by atoms with E-state index in [0.717, 1.165) is 24.1 Å². The van der Waals surface area contributed by atoms with Gasteiger partial charge in [-0.2, -0.15) is 0 Å². The van der Waals surface area contributed by atoms with Crippen molar-refractivity contribution < 1.29 is 9.59 Å². The molecule has 1 aliphatic carbocycles. The Morgan fingerprint density at radius 2 is 1.91 bits per heavy atom. The van der Waals surface area contributed by atoms with E-state index in [1.807, 2.05) is 26.0 Å². The summed E-state index contributed by atoms with van der Waals surface area (Å²) >= 11 is 0. The molecule has 0 radical (unpaired) electrons. The molecule has 2 fully saturated rings. The molecule has 2 aliphatic rings. The minimum atomic E-state index is -0.217. The van der Waals surface area contributed by atoms with Crippen molar-refractivity contribution in [1.29, 1.82) is 0 Å². The van der Waals surface area contributed by atoms with Crippen LogP contribution in [0.2, 0.25) is 0 Å². The molecule has 1 saturated heterocycles. The lowest BCUT2D eigenvalue weighted by atomic mass is 9.95. The zero-order chi connectivity index (χ0) is 16.4. The van der Waals surface area contributed by atoms with Crippen molar-refractivity contribution >= 4 is 17.5 Å². The van der Waals surface area contributed by atoms with Crippen LogP contribution in [0.1, 0.15) is 49.7 Å². The van der Waals surface area contributed by atoms with E-state index in [4.69, 9.17) is 0 Å². The first kappa shape index (κ1) is 16.0. The van der Waals surface area contributed by atoms with Crippen molar-refractivity contribution in [2.75, 3.05) is 11.4 Å². The molecule has 0 spiro atoms. The third kappa shape index (κ3) is 3.57. The Morgan fingerprint density at radius 3 is 2.61 bits per heavy atom. The summed E-state index contributed by atoms with van der Waals surface area (Å²) in [6, 6.07) is 6.40. The highest BCUT2D eigenvalue weighted by atomic mass is 16.2. The Hall–Kier alpha value is -1.84. The number of rotatable bonds is 3. The Bertz CT molecular complexity index is 605. The maximum Gasteiger partial charge on any atom is 0.227 e. The Labute approximate surface area is 138 Å². The fourth-order valence-corrected chi connectivity index (χ4v) is 3.79. The maximum atomic E-state index is 12.5. The van der Waals surface area contributed by atoms with Crippen molar-refractivity contribution in [2.45, 2.75) is 58.4 Å². The summed E-state index contributed by atoms with van der Waals surface area (Å²) < 4.78 is 0. The molecule has 1 aliphatic heterocycles. The lowest BCUT2D eigenvalue weighted by Crippen LogP contribution is -2.40. The molecule has 124 valence electrons. The first-order valence-electron chi connectivity index (χ1n) is 8.72. The number of carbonyl (C=O) groups is 2. The van der Waals surface area contributed by atoms with E-state index < -0.39 is 0 Å². The normalized spacial score (nSPS) is 22.4. The summed E-state index contributed by atoms with van der Waals surface area (Å²) in [7, 11) is 0. The fourth-order valence-electron chi connectivity index (χ4n) is 3.79. The summed E-state index contributed by atoms with van der Waals surface area (Å²) in [5.41, 5.74) is 3.21. The molecule has 3 rings (SSSR count). The van der Waals surface area contributed by atoms with Crippen LogP contribution in [0, 0.1) is 19.8 Å². The lowest BCUT2D eigenvalue weighted by molar-refractivity contribution is -0.127. The Balaban J connectivity index is 1.65. The Kier molecular flexibility index (Phi) is 4.69. The number of anilines is 1. The van der Waals surface area contributed by atoms with Crippen LogP contribution < -0.4 is 10.2 Å². The van der Waals surface area contributed by atoms with Crippen molar-refractivity contribution in [3.63, 3.8) is 0 Å². The van der Waals surface area contributed by atoms with E-state index in [0.29, 0.717) is 19.0 Å². The molecule has 0 aromatic heterocycles. The van der Waals surface area contributed by atoms with Gasteiger partial charge in [0.05, 0.1) is 5.92 Å². The van der Waals surface area contributed by atoms with Gasteiger partial charge in [-0.15, -0.1) is 0 Å². The van der Waals surface area contributed by atoms with Gasteiger partial charge in [-0.1, -0.05) is 37.0 Å². The van der Waals surface area contributed by atoms with E-state index in [1.54, 1.807) is 4.90 Å². The number of amides is 2. The van der Waals surface area contributed by atoms with Crippen LogP contribution in [0.3, 0.4) is 0 Å². The summed E-state index contributed by atoms with van der Waals surface area (Å²) in [6.45, 7) is 4.56. The zero-order valence-corrected chi connectivity index (χ0v) is 14.1. The van der Waals surface area contributed by atoms with Gasteiger partial charge in [0.25, 0.3) is 0 Å². The van der Waals surface area contributed by atoms with E-state index in [1.165, 1.54) is 24.8 Å². The number of hydrogen-bond acceptors (Lipinski definition) is 2. The van der Waals surface area contributed by atoms with Gasteiger partial charge in [0.2, 0.25) is 11.8 Å². The second-order valence-corrected chi connectivity index (χ2v) is 7.04. The number of nitrogens with one attached hydrogen (secondary N) is 1. The van der Waals surface area contributed by atoms with Gasteiger partial charge in [-0.05, 0) is 38.3 Å². The van der Waals surface area contributed by atoms with Crippen LogP contribution in [0.15, 0.2) is 18.2 Å². The van der Waals surface area contributed by atoms with Crippen LogP contribution in [-0.4, -0.2) is 24.4 Å². The first-order valence-corrected chi connectivity index (χ1v) is 8.72. The monoisotopic (exact) mass is 314 g/mol. The standard InChI is InChI=1S/C19H26N2O2/c1-13-8-9-17(14(2)10-13)21-12-15(11-18(21)22)19(23)20-16-6-4-3-5-7-16/h8-10,15-16H,3-7,11-12H2,1-2H3,(H,20,23)/t15-/m1/s1. The number of benzene rings is 1. The van der Waals surface area contributed by atoms with Crippen LogP contribution in [0.4, 0.5) is 5.69 Å². The Morgan fingerprint density at radius 1 is 1.17 bits per heavy atom. The second kappa shape index (κ2) is 6.73. The largest absolute Gasteiger partial charge is 0.353 e. The molecule has 1 aromatic rings. The van der Waals surface area contributed by atoms with E-state index in [9.17, 15) is 9.59 Å². The van der Waals surface area contributed by atoms with Gasteiger partial charge >= 0.3 is 0 Å². The SMILES string of the molecule is Cc1ccc(N2C[C@H](C(=O)NC3CCCCC3)CC2=O)c(C)c1. The number of nitrogens with zero attached hydrogens (tertiary/aromatic N) is 1. The summed E-state index contributed by atoms with van der Waals surface area (Å²) in [5, 5.41) is 3.16. The van der Waals surface area contributed by atoms with Crippen molar-refractivity contribution in [2.24, 2.45) is 5.92 Å². The van der Waals surface area contributed by atoms with Crippen LogP contribution in [0.5, 0.6) is 0 Å². The molecule has 23 heavy (non-hydrogen) atoms. The van der Waals surface area contributed by atoms with E-state index >= 15 is 0 Å². The highest BCUT2D eigenvalue weighted by Gasteiger charge is 2.36. The predicted octanol–water partition coefficient (Wildman–Crippen LogP) is 3.11. The zero-order valence-electron chi connectivity index (χ0n) is 14.1. The topological polar surface area (TPSA) is 49.4 Å². The lowest BCUT2D eigenvalue weighted by Gasteiger charge is -2.24. The van der Waals surface area contributed by atoms with E-state index in [-0.39, 0.29) is 17.7 Å². The van der Waals surface area contributed by atoms with Crippen LogP contribution >= 0.6 is 0 Å². The molecule has 1 saturated carbocycles. The highest BCUT2D eigenvalue weighted by molar-refractivity contribution is 6.00. The van der Waals surface area contributed by atoms with Gasteiger partial charge in [-0.25, -0.2) is 0 Å². The first-order chi connectivity index (χ1) is 11.0. The molecule has 1 atom stereocenters. The fraction of sp³-hybridized carbons (Fsp3) is 0.579. The minimum Gasteiger partial charge on any atom is -0.353 e. The molecule has 1 N–H and O–H groups in total. The quantitative estimate of drug-likeness (QED) is 0.932. The second-order valence-electron chi connectivity index (χ2n) is 7.04. The number of hydrogen-bond donors (Lipinski definition) is 1. The highest BCUT2D eigenvalue weighted by Crippen LogP contribution is 2.29. The number of carbonyl (C=O) groups excluding carboxylic acids is 2. The molecule has 1 aromatic carbocycles. The predicted molar refractivity (Wildman–Crippen MR) is 91.4 cm³/mol. The molecule has 4 nitrogen and oxygen atoms in total. The van der Waals surface area contributed by atoms with Crippen molar-refractivity contribution in [3.8, 4) is 0 Å². The smallest absolute Gasteiger partial charge is 0.227 e. The molecule has 2 amide bonds. The van der Waals surface area contributed by atoms with Crippen molar-refractivity contribution in [3.05, 3.63) is 29.3 Å². The average Bonchev–Trinajstić information content (AvgIpc) is 2.90. The molecule has 1 heterocycles. The third-order valence-corrected chi connectivity index (χ3v) is 5.09. The summed E-state index contributed by atoms with van der Waals surface area (Å²) in [5.74, 6) is -0.108. The maximum absolute atomic E-state index is 12.5. The van der Waals surface area contributed by atoms with Gasteiger partial charge in [-0.3, -0.25) is 9.59 Å². The average molecular weight is 314 g/mol. The van der Waals surface area contributed by atoms with Crippen LogP contribution in [-0.2, 0) is 9.59 Å². The summed E-state index contributed by atoms with van der Waals surface area (Å²) in [6.07, 6.45) is 6.15. The van der Waals surface area contributed by atoms with Gasteiger partial charge in [0.15, 0.2) is 0 Å². The molecular weight excluding hydrogens is 288 g/mol. The minimum absolute atomic E-state index is 0.0533. The van der Waals surface area contributed by atoms with E-state index in [2.05, 4.69) is 11.4 Å². The third-order valence-electron chi connectivity index (χ3n) is 5.09. The molecular formula is C19H26N2O2. The molecule has 0 bridgehead atoms. The molecule has 4 heteroatoms. The van der Waals surface area contributed by atoms with Crippen LogP contribution in [0.25, 0.3) is 0 Å². The number of aryl methyl sites for hydroxylation is 2. The van der Waals surface area contributed by atoms with Gasteiger partial charge in [0.1, 0.15) is 0 Å². The van der Waals surface area contributed by atoms with Crippen molar-refractivity contribution in [1.82, 2.24) is 5.32 Å². The summed E-state index contributed by atoms with van der Waals surface area (Å²) in [4.78, 5) is 26.6. The van der Waals surface area contributed by atoms with Gasteiger partial charge in [0, 0.05) is 24.7 Å².